The summed E-state index contributed by atoms with van der Waals surface area (Å²) in [5, 5.41) is 7.60. The molecule has 0 aliphatic heterocycles. The number of nitrogens with one attached hydrogen (secondary N) is 2. The van der Waals surface area contributed by atoms with Crippen molar-refractivity contribution in [1.82, 2.24) is 9.97 Å². The maximum absolute atomic E-state index is 6.13. The van der Waals surface area contributed by atoms with Crippen LogP contribution in [0.15, 0.2) is 43.1 Å². The lowest BCUT2D eigenvalue weighted by Crippen LogP contribution is -2.09. The summed E-state index contributed by atoms with van der Waals surface area (Å²) >= 11 is 12.0. The van der Waals surface area contributed by atoms with Crippen LogP contribution in [-0.4, -0.2) is 23.1 Å². The Balaban J connectivity index is 1.89. The second-order valence-corrected chi connectivity index (χ2v) is 5.19. The van der Waals surface area contributed by atoms with Crippen molar-refractivity contribution in [3.63, 3.8) is 0 Å². The van der Waals surface area contributed by atoms with Crippen molar-refractivity contribution in [1.29, 1.82) is 0 Å². The fourth-order valence-corrected chi connectivity index (χ4v) is 2.26. The molecule has 0 bridgehead atoms. The second-order valence-electron chi connectivity index (χ2n) is 4.35. The molecule has 0 aliphatic rings. The lowest BCUT2D eigenvalue weighted by atomic mass is 10.1. The van der Waals surface area contributed by atoms with E-state index in [0.717, 1.165) is 17.8 Å². The summed E-state index contributed by atoms with van der Waals surface area (Å²) in [5.74, 6) is 1.34. The molecular weight excluding hydrogens is 307 g/mol. The fraction of sp³-hybridized carbons (Fsp3) is 0.200. The topological polar surface area (TPSA) is 49.8 Å². The van der Waals surface area contributed by atoms with Crippen LogP contribution in [0.3, 0.4) is 0 Å². The standard InChI is InChI=1S/C15H16Cl2N4/c1-2-7-18-14-6-9-20-15(21-14)19-8-5-11-3-4-12(16)10-13(11)17/h2-4,6,9-10H,1,5,7-8H2,(H2,18,19,20,21). The lowest BCUT2D eigenvalue weighted by Gasteiger charge is -2.08. The number of nitrogens with zero attached hydrogens (tertiary/aromatic N) is 2. The predicted molar refractivity (Wildman–Crippen MR) is 89.4 cm³/mol. The van der Waals surface area contributed by atoms with Crippen molar-refractivity contribution in [3.8, 4) is 0 Å². The Hall–Kier alpha value is -1.78. The van der Waals surface area contributed by atoms with Gasteiger partial charge in [0.15, 0.2) is 0 Å². The molecule has 0 fully saturated rings. The normalized spacial score (nSPS) is 10.2. The molecule has 1 aromatic carbocycles. The molecule has 0 radical (unpaired) electrons. The van der Waals surface area contributed by atoms with E-state index in [1.54, 1.807) is 18.3 Å². The van der Waals surface area contributed by atoms with Crippen molar-refractivity contribution in [2.24, 2.45) is 0 Å². The molecule has 0 spiro atoms. The highest BCUT2D eigenvalue weighted by Crippen LogP contribution is 2.21. The predicted octanol–water partition coefficient (Wildman–Crippen LogP) is 4.04. The minimum Gasteiger partial charge on any atom is -0.366 e. The van der Waals surface area contributed by atoms with Crippen LogP contribution in [0.25, 0.3) is 0 Å². The lowest BCUT2D eigenvalue weighted by molar-refractivity contribution is 0.983. The zero-order valence-electron chi connectivity index (χ0n) is 11.4. The van der Waals surface area contributed by atoms with Crippen LogP contribution in [0.4, 0.5) is 11.8 Å². The third kappa shape index (κ3) is 4.92. The number of halogens is 2. The number of aromatic nitrogens is 2. The van der Waals surface area contributed by atoms with Gasteiger partial charge in [0.05, 0.1) is 0 Å². The fourth-order valence-electron chi connectivity index (χ4n) is 1.75. The quantitative estimate of drug-likeness (QED) is 0.755. The van der Waals surface area contributed by atoms with Gasteiger partial charge < -0.3 is 10.6 Å². The molecule has 0 saturated carbocycles. The Bertz CT molecular complexity index is 616. The summed E-state index contributed by atoms with van der Waals surface area (Å²) in [6.45, 7) is 5.00. The largest absolute Gasteiger partial charge is 0.366 e. The van der Waals surface area contributed by atoms with E-state index in [1.165, 1.54) is 0 Å². The average Bonchev–Trinajstić information content (AvgIpc) is 2.48. The minimum absolute atomic E-state index is 0.578. The Morgan fingerprint density at radius 2 is 2.05 bits per heavy atom. The first-order valence-electron chi connectivity index (χ1n) is 6.54. The van der Waals surface area contributed by atoms with Gasteiger partial charge in [0.2, 0.25) is 5.95 Å². The zero-order chi connectivity index (χ0) is 15.1. The monoisotopic (exact) mass is 322 g/mol. The summed E-state index contributed by atoms with van der Waals surface area (Å²) in [7, 11) is 0. The summed E-state index contributed by atoms with van der Waals surface area (Å²) in [5.41, 5.74) is 1.04. The number of anilines is 2. The van der Waals surface area contributed by atoms with Gasteiger partial charge in [0.1, 0.15) is 5.82 Å². The summed E-state index contributed by atoms with van der Waals surface area (Å²) < 4.78 is 0. The number of hydrogen-bond donors (Lipinski definition) is 2. The van der Waals surface area contributed by atoms with Crippen LogP contribution in [-0.2, 0) is 6.42 Å². The first kappa shape index (κ1) is 15.6. The van der Waals surface area contributed by atoms with Crippen LogP contribution in [0.2, 0.25) is 10.0 Å². The van der Waals surface area contributed by atoms with E-state index in [2.05, 4.69) is 27.2 Å². The molecule has 1 heterocycles. The minimum atomic E-state index is 0.578. The third-order valence-corrected chi connectivity index (χ3v) is 3.36. The molecule has 21 heavy (non-hydrogen) atoms. The van der Waals surface area contributed by atoms with E-state index < -0.39 is 0 Å². The summed E-state index contributed by atoms with van der Waals surface area (Å²) in [6.07, 6.45) is 4.25. The third-order valence-electron chi connectivity index (χ3n) is 2.78. The van der Waals surface area contributed by atoms with Gasteiger partial charge in [-0.15, -0.1) is 6.58 Å². The maximum atomic E-state index is 6.13. The molecule has 0 amide bonds. The van der Waals surface area contributed by atoms with Crippen LogP contribution < -0.4 is 10.6 Å². The van der Waals surface area contributed by atoms with E-state index in [-0.39, 0.29) is 0 Å². The van der Waals surface area contributed by atoms with Gasteiger partial charge in [0.25, 0.3) is 0 Å². The summed E-state index contributed by atoms with van der Waals surface area (Å²) in [6, 6.07) is 7.31. The molecule has 110 valence electrons. The van der Waals surface area contributed by atoms with Gasteiger partial charge in [-0.1, -0.05) is 35.3 Å². The van der Waals surface area contributed by atoms with Gasteiger partial charge >= 0.3 is 0 Å². The highest BCUT2D eigenvalue weighted by Gasteiger charge is 2.02. The van der Waals surface area contributed by atoms with E-state index in [4.69, 9.17) is 23.2 Å². The SMILES string of the molecule is C=CCNc1ccnc(NCCc2ccc(Cl)cc2Cl)n1. The van der Waals surface area contributed by atoms with E-state index in [0.29, 0.717) is 29.1 Å². The number of hydrogen-bond acceptors (Lipinski definition) is 4. The van der Waals surface area contributed by atoms with Crippen LogP contribution in [0.1, 0.15) is 5.56 Å². The molecule has 0 saturated heterocycles. The molecule has 2 N–H and O–H groups in total. The van der Waals surface area contributed by atoms with Crippen molar-refractivity contribution in [2.75, 3.05) is 23.7 Å². The van der Waals surface area contributed by atoms with E-state index in [1.807, 2.05) is 18.2 Å². The molecule has 4 nitrogen and oxygen atoms in total. The molecule has 0 unspecified atom stereocenters. The molecule has 1 aromatic heterocycles. The zero-order valence-corrected chi connectivity index (χ0v) is 13.0. The van der Waals surface area contributed by atoms with Gasteiger partial charge in [-0.25, -0.2) is 4.98 Å². The van der Waals surface area contributed by atoms with Crippen molar-refractivity contribution in [3.05, 3.63) is 58.7 Å². The van der Waals surface area contributed by atoms with Crippen molar-refractivity contribution < 1.29 is 0 Å². The molecule has 0 aliphatic carbocycles. The van der Waals surface area contributed by atoms with Gasteiger partial charge in [0, 0.05) is 29.3 Å². The Morgan fingerprint density at radius 1 is 1.19 bits per heavy atom. The Kier molecular flexibility index (Phi) is 5.84. The Labute approximate surface area is 134 Å². The average molecular weight is 323 g/mol. The maximum Gasteiger partial charge on any atom is 0.224 e. The highest BCUT2D eigenvalue weighted by molar-refractivity contribution is 6.35. The summed E-state index contributed by atoms with van der Waals surface area (Å²) in [4.78, 5) is 8.52. The number of rotatable bonds is 7. The highest BCUT2D eigenvalue weighted by atomic mass is 35.5. The molecule has 2 rings (SSSR count). The molecular formula is C15H16Cl2N4. The van der Waals surface area contributed by atoms with Crippen molar-refractivity contribution in [2.45, 2.75) is 6.42 Å². The van der Waals surface area contributed by atoms with Crippen LogP contribution in [0, 0.1) is 0 Å². The van der Waals surface area contributed by atoms with Gasteiger partial charge in [-0.2, -0.15) is 4.98 Å². The van der Waals surface area contributed by atoms with Gasteiger partial charge in [-0.3, -0.25) is 0 Å². The molecule has 0 atom stereocenters. The first-order chi connectivity index (χ1) is 10.2. The Morgan fingerprint density at radius 3 is 2.81 bits per heavy atom. The smallest absolute Gasteiger partial charge is 0.224 e. The first-order valence-corrected chi connectivity index (χ1v) is 7.30. The van der Waals surface area contributed by atoms with E-state index >= 15 is 0 Å². The second kappa shape index (κ2) is 7.86. The molecule has 6 heteroatoms. The van der Waals surface area contributed by atoms with Gasteiger partial charge in [-0.05, 0) is 30.2 Å². The van der Waals surface area contributed by atoms with Crippen LogP contribution in [0.5, 0.6) is 0 Å². The van der Waals surface area contributed by atoms with E-state index in [9.17, 15) is 0 Å². The van der Waals surface area contributed by atoms with Crippen molar-refractivity contribution >= 4 is 35.0 Å². The van der Waals surface area contributed by atoms with Crippen LogP contribution >= 0.6 is 23.2 Å². The molecule has 2 aromatic rings. The number of benzene rings is 1.